The molecule has 0 heterocycles. The van der Waals surface area contributed by atoms with E-state index in [9.17, 15) is 31.1 Å². The zero-order valence-corrected chi connectivity index (χ0v) is 11.0. The smallest absolute Gasteiger partial charge is 0.316 e. The lowest BCUT2D eigenvalue weighted by atomic mass is 10.1. The summed E-state index contributed by atoms with van der Waals surface area (Å²) in [5, 5.41) is 7.71. The van der Waals surface area contributed by atoms with Crippen LogP contribution in [0, 0.1) is 11.3 Å². The highest BCUT2D eigenvalue weighted by molar-refractivity contribution is 6.40. The van der Waals surface area contributed by atoms with Crippen LogP contribution in [0.2, 0.25) is 10.0 Å². The van der Waals surface area contributed by atoms with Crippen molar-refractivity contribution in [1.82, 2.24) is 0 Å². The Balaban J connectivity index is 3.50. The minimum absolute atomic E-state index is 0.461. The molecular weight excluding hydrogens is 349 g/mol. The van der Waals surface area contributed by atoms with Gasteiger partial charge < -0.3 is 5.32 Å². The maximum atomic E-state index is 12.8. The van der Waals surface area contributed by atoms with E-state index in [0.717, 1.165) is 5.32 Å². The number of halogens is 8. The van der Waals surface area contributed by atoms with Crippen LogP contribution in [0.15, 0.2) is 6.07 Å². The molecule has 0 spiro atoms. The number of rotatable bonds is 1. The third-order valence-electron chi connectivity index (χ3n) is 2.12. The standard InChI is InChI=1S/C10H2Cl2F6N2O/c11-4-1-3(2-19)5(9(13,14)15)6(12)7(4)20-8(21)10(16,17)18/h1H,(H,20,21). The largest absolute Gasteiger partial charge is 0.471 e. The predicted octanol–water partition coefficient (Wildman–Crippen LogP) is 4.38. The predicted molar refractivity (Wildman–Crippen MR) is 60.9 cm³/mol. The van der Waals surface area contributed by atoms with E-state index < -0.39 is 45.1 Å². The van der Waals surface area contributed by atoms with Gasteiger partial charge in [-0.25, -0.2) is 0 Å². The number of nitrogens with one attached hydrogen (secondary N) is 1. The third kappa shape index (κ3) is 3.71. The summed E-state index contributed by atoms with van der Waals surface area (Å²) in [7, 11) is 0. The van der Waals surface area contributed by atoms with Gasteiger partial charge in [-0.1, -0.05) is 23.2 Å². The third-order valence-corrected chi connectivity index (χ3v) is 2.79. The molecule has 1 N–H and O–H groups in total. The molecular formula is C10H2Cl2F6N2O. The van der Waals surface area contributed by atoms with Crippen molar-refractivity contribution in [3.63, 3.8) is 0 Å². The van der Waals surface area contributed by atoms with Crippen molar-refractivity contribution in [1.29, 1.82) is 5.26 Å². The van der Waals surface area contributed by atoms with Crippen molar-refractivity contribution < 1.29 is 31.1 Å². The zero-order valence-electron chi connectivity index (χ0n) is 9.46. The minimum Gasteiger partial charge on any atom is -0.316 e. The fraction of sp³-hybridized carbons (Fsp3) is 0.200. The summed E-state index contributed by atoms with van der Waals surface area (Å²) in [6.07, 6.45) is -10.5. The van der Waals surface area contributed by atoms with Crippen molar-refractivity contribution >= 4 is 34.8 Å². The number of hydrogen-bond acceptors (Lipinski definition) is 2. The summed E-state index contributed by atoms with van der Waals surface area (Å²) in [6.45, 7) is 0. The van der Waals surface area contributed by atoms with Gasteiger partial charge in [-0.2, -0.15) is 31.6 Å². The van der Waals surface area contributed by atoms with E-state index >= 15 is 0 Å². The van der Waals surface area contributed by atoms with Crippen molar-refractivity contribution in [2.24, 2.45) is 0 Å². The van der Waals surface area contributed by atoms with Crippen LogP contribution >= 0.6 is 23.2 Å². The van der Waals surface area contributed by atoms with Gasteiger partial charge in [-0.15, -0.1) is 0 Å². The van der Waals surface area contributed by atoms with Gasteiger partial charge in [-0.3, -0.25) is 4.79 Å². The van der Waals surface area contributed by atoms with Crippen molar-refractivity contribution in [2.45, 2.75) is 12.4 Å². The summed E-state index contributed by atoms with van der Waals surface area (Å²) in [4.78, 5) is 10.8. The molecule has 21 heavy (non-hydrogen) atoms. The molecule has 3 nitrogen and oxygen atoms in total. The Labute approximate surface area is 123 Å². The zero-order chi connectivity index (χ0) is 16.6. The minimum atomic E-state index is -5.35. The van der Waals surface area contributed by atoms with Crippen LogP contribution in [-0.4, -0.2) is 12.1 Å². The van der Waals surface area contributed by atoms with E-state index in [1.807, 2.05) is 0 Å². The van der Waals surface area contributed by atoms with Crippen molar-refractivity contribution in [3.05, 3.63) is 27.2 Å². The molecule has 0 aromatic heterocycles. The van der Waals surface area contributed by atoms with Gasteiger partial charge in [0.15, 0.2) is 0 Å². The summed E-state index contributed by atoms with van der Waals surface area (Å²) in [5.41, 5.74) is -3.75. The molecule has 0 aliphatic heterocycles. The first-order chi connectivity index (χ1) is 9.39. The van der Waals surface area contributed by atoms with E-state index in [4.69, 9.17) is 28.5 Å². The van der Waals surface area contributed by atoms with Crippen LogP contribution < -0.4 is 5.32 Å². The maximum absolute atomic E-state index is 12.8. The molecule has 1 rings (SSSR count). The van der Waals surface area contributed by atoms with E-state index in [2.05, 4.69) is 0 Å². The molecule has 1 amide bonds. The lowest BCUT2D eigenvalue weighted by molar-refractivity contribution is -0.167. The second-order valence-electron chi connectivity index (χ2n) is 3.53. The molecule has 0 unspecified atom stereocenters. The van der Waals surface area contributed by atoms with Gasteiger partial charge in [0.25, 0.3) is 0 Å². The molecule has 11 heteroatoms. The van der Waals surface area contributed by atoms with E-state index in [1.165, 1.54) is 6.07 Å². The van der Waals surface area contributed by atoms with Crippen LogP contribution in [0.4, 0.5) is 32.0 Å². The van der Waals surface area contributed by atoms with Crippen LogP contribution in [0.25, 0.3) is 0 Å². The number of nitrogens with zero attached hydrogens (tertiary/aromatic N) is 1. The normalized spacial score (nSPS) is 12.0. The molecule has 114 valence electrons. The first kappa shape index (κ1) is 17.4. The molecule has 0 saturated carbocycles. The molecule has 1 aromatic carbocycles. The first-order valence-corrected chi connectivity index (χ1v) is 5.52. The molecule has 0 saturated heterocycles. The monoisotopic (exact) mass is 350 g/mol. The van der Waals surface area contributed by atoms with Crippen LogP contribution in [0.3, 0.4) is 0 Å². The number of carbonyl (C=O) groups excluding carboxylic acids is 1. The SMILES string of the molecule is N#Cc1cc(Cl)c(NC(=O)C(F)(F)F)c(Cl)c1C(F)(F)F. The van der Waals surface area contributed by atoms with Crippen LogP contribution in [0.1, 0.15) is 11.1 Å². The van der Waals surface area contributed by atoms with Crippen LogP contribution in [-0.2, 0) is 11.0 Å². The van der Waals surface area contributed by atoms with E-state index in [-0.39, 0.29) is 0 Å². The number of benzene rings is 1. The topological polar surface area (TPSA) is 52.9 Å². The van der Waals surface area contributed by atoms with Crippen molar-refractivity contribution in [2.75, 3.05) is 5.32 Å². The molecule has 0 radical (unpaired) electrons. The highest BCUT2D eigenvalue weighted by Gasteiger charge is 2.42. The second kappa shape index (κ2) is 5.61. The Hall–Kier alpha value is -1.66. The van der Waals surface area contributed by atoms with E-state index in [1.54, 1.807) is 0 Å². The Kier molecular flexibility index (Phi) is 4.65. The highest BCUT2D eigenvalue weighted by atomic mass is 35.5. The van der Waals surface area contributed by atoms with Gasteiger partial charge in [0.1, 0.15) is 0 Å². The maximum Gasteiger partial charge on any atom is 0.471 e. The summed E-state index contributed by atoms with van der Waals surface area (Å²) in [5.74, 6) is -2.55. The Morgan fingerprint density at radius 1 is 1.19 bits per heavy atom. The quantitative estimate of drug-likeness (QED) is 0.764. The van der Waals surface area contributed by atoms with Gasteiger partial charge >= 0.3 is 18.3 Å². The number of anilines is 1. The van der Waals surface area contributed by atoms with E-state index in [0.29, 0.717) is 6.07 Å². The lowest BCUT2D eigenvalue weighted by Crippen LogP contribution is -2.30. The summed E-state index contributed by atoms with van der Waals surface area (Å²) >= 11 is 10.8. The van der Waals surface area contributed by atoms with Gasteiger partial charge in [0.2, 0.25) is 0 Å². The number of nitriles is 1. The highest BCUT2D eigenvalue weighted by Crippen LogP contribution is 2.44. The molecule has 0 aliphatic rings. The van der Waals surface area contributed by atoms with Crippen LogP contribution in [0.5, 0.6) is 0 Å². The average molecular weight is 351 g/mol. The number of hydrogen-bond donors (Lipinski definition) is 1. The summed E-state index contributed by atoms with van der Waals surface area (Å²) in [6, 6.07) is 1.63. The first-order valence-electron chi connectivity index (χ1n) is 4.77. The number of amides is 1. The van der Waals surface area contributed by atoms with Crippen molar-refractivity contribution in [3.8, 4) is 6.07 Å². The summed E-state index contributed by atoms with van der Waals surface area (Å²) < 4.78 is 74.6. The molecule has 0 atom stereocenters. The van der Waals surface area contributed by atoms with Gasteiger partial charge in [0, 0.05) is 0 Å². The molecule has 0 fully saturated rings. The number of alkyl halides is 6. The number of carbonyl (C=O) groups is 1. The fourth-order valence-corrected chi connectivity index (χ4v) is 1.94. The lowest BCUT2D eigenvalue weighted by Gasteiger charge is -2.16. The van der Waals surface area contributed by atoms with Gasteiger partial charge in [-0.05, 0) is 6.07 Å². The molecule has 0 bridgehead atoms. The molecule has 1 aromatic rings. The Morgan fingerprint density at radius 3 is 2.10 bits per heavy atom. The average Bonchev–Trinajstić information content (AvgIpc) is 2.30. The second-order valence-corrected chi connectivity index (χ2v) is 4.32. The fourth-order valence-electron chi connectivity index (χ4n) is 1.28. The Morgan fingerprint density at radius 2 is 1.71 bits per heavy atom. The Bertz CT molecular complexity index is 632. The van der Waals surface area contributed by atoms with Gasteiger partial charge in [0.05, 0.1) is 32.9 Å². The molecule has 0 aliphatic carbocycles.